The van der Waals surface area contributed by atoms with Crippen LogP contribution in [0.25, 0.3) is 0 Å². The molecule has 1 atom stereocenters. The summed E-state index contributed by atoms with van der Waals surface area (Å²) in [7, 11) is 1.99. The number of imidazole rings is 1. The summed E-state index contributed by atoms with van der Waals surface area (Å²) in [5.41, 5.74) is 2.41. The third-order valence-corrected chi connectivity index (χ3v) is 2.83. The van der Waals surface area contributed by atoms with Gasteiger partial charge in [-0.15, -0.1) is 0 Å². The molecule has 1 N–H and O–H groups in total. The average molecular weight is 195 g/mol. The monoisotopic (exact) mass is 195 g/mol. The summed E-state index contributed by atoms with van der Waals surface area (Å²) >= 11 is 0. The number of hydrogen-bond donors (Lipinski definition) is 1. The molecule has 0 fully saturated rings. The highest BCUT2D eigenvalue weighted by molar-refractivity contribution is 5.10. The number of rotatable bonds is 4. The Kier molecular flexibility index (Phi) is 3.69. The summed E-state index contributed by atoms with van der Waals surface area (Å²) in [5.74, 6) is 0.620. The Balaban J connectivity index is 2.93. The molecule has 0 aliphatic carbocycles. The third-order valence-electron chi connectivity index (χ3n) is 2.83. The largest absolute Gasteiger partial charge is 0.330 e. The van der Waals surface area contributed by atoms with Gasteiger partial charge in [0.15, 0.2) is 0 Å². The molecule has 14 heavy (non-hydrogen) atoms. The maximum Gasteiger partial charge on any atom is 0.0954 e. The van der Waals surface area contributed by atoms with E-state index in [0.717, 1.165) is 12.2 Å². The highest BCUT2D eigenvalue weighted by Gasteiger charge is 2.16. The van der Waals surface area contributed by atoms with Gasteiger partial charge in [0.25, 0.3) is 0 Å². The minimum absolute atomic E-state index is 0.501. The van der Waals surface area contributed by atoms with Gasteiger partial charge in [0.2, 0.25) is 0 Å². The van der Waals surface area contributed by atoms with Gasteiger partial charge in [0.1, 0.15) is 0 Å². The van der Waals surface area contributed by atoms with Crippen LogP contribution in [-0.2, 0) is 0 Å². The van der Waals surface area contributed by atoms with Crippen molar-refractivity contribution in [2.45, 2.75) is 33.7 Å². The smallest absolute Gasteiger partial charge is 0.0954 e. The van der Waals surface area contributed by atoms with E-state index in [9.17, 15) is 0 Å². The Morgan fingerprint density at radius 2 is 2.07 bits per heavy atom. The molecule has 1 unspecified atom stereocenters. The number of nitrogens with one attached hydrogen (secondary N) is 1. The molecule has 1 rings (SSSR count). The minimum atomic E-state index is 0.501. The van der Waals surface area contributed by atoms with Crippen molar-refractivity contribution < 1.29 is 0 Å². The van der Waals surface area contributed by atoms with Crippen LogP contribution < -0.4 is 5.32 Å². The second-order valence-electron chi connectivity index (χ2n) is 4.19. The van der Waals surface area contributed by atoms with Crippen molar-refractivity contribution in [2.24, 2.45) is 5.92 Å². The lowest BCUT2D eigenvalue weighted by molar-refractivity contribution is 0.360. The second-order valence-corrected chi connectivity index (χ2v) is 4.19. The lowest BCUT2D eigenvalue weighted by Crippen LogP contribution is -2.26. The van der Waals surface area contributed by atoms with Crippen LogP contribution in [0.4, 0.5) is 0 Å². The van der Waals surface area contributed by atoms with Gasteiger partial charge in [-0.3, -0.25) is 0 Å². The molecule has 1 aromatic rings. The first-order valence-electron chi connectivity index (χ1n) is 5.22. The molecule has 1 heterocycles. The van der Waals surface area contributed by atoms with Crippen LogP contribution in [0, 0.1) is 19.8 Å². The number of likely N-dealkylation sites (N-methyl/N-ethyl adjacent to an activating group) is 1. The Labute approximate surface area is 86.5 Å². The number of nitrogens with zero attached hydrogens (tertiary/aromatic N) is 2. The maximum absolute atomic E-state index is 4.34. The lowest BCUT2D eigenvalue weighted by Gasteiger charge is -2.23. The minimum Gasteiger partial charge on any atom is -0.330 e. The van der Waals surface area contributed by atoms with Gasteiger partial charge in [-0.1, -0.05) is 13.8 Å². The van der Waals surface area contributed by atoms with E-state index in [1.165, 1.54) is 5.69 Å². The van der Waals surface area contributed by atoms with Gasteiger partial charge in [0.05, 0.1) is 12.0 Å². The molecule has 0 saturated carbocycles. The molecule has 0 spiro atoms. The fourth-order valence-corrected chi connectivity index (χ4v) is 1.71. The SMILES string of the molecule is CNCC(C(C)C)n1cnc(C)c1C. The van der Waals surface area contributed by atoms with E-state index in [1.807, 2.05) is 13.4 Å². The van der Waals surface area contributed by atoms with Crippen LogP contribution >= 0.6 is 0 Å². The van der Waals surface area contributed by atoms with Gasteiger partial charge in [-0.2, -0.15) is 0 Å². The van der Waals surface area contributed by atoms with E-state index in [4.69, 9.17) is 0 Å². The van der Waals surface area contributed by atoms with Crippen LogP contribution in [0.15, 0.2) is 6.33 Å². The first-order chi connectivity index (χ1) is 6.57. The van der Waals surface area contributed by atoms with Crippen LogP contribution in [0.3, 0.4) is 0 Å². The topological polar surface area (TPSA) is 29.9 Å². The van der Waals surface area contributed by atoms with E-state index in [2.05, 4.69) is 42.6 Å². The quantitative estimate of drug-likeness (QED) is 0.795. The zero-order chi connectivity index (χ0) is 10.7. The van der Waals surface area contributed by atoms with Gasteiger partial charge < -0.3 is 9.88 Å². The molecule has 0 amide bonds. The summed E-state index contributed by atoms with van der Waals surface area (Å²) in [6.07, 6.45) is 1.95. The Morgan fingerprint density at radius 3 is 2.43 bits per heavy atom. The van der Waals surface area contributed by atoms with Crippen molar-refractivity contribution >= 4 is 0 Å². The molecule has 3 heteroatoms. The lowest BCUT2D eigenvalue weighted by atomic mass is 10.0. The standard InChI is InChI=1S/C11H21N3/c1-8(2)11(6-12-5)14-7-13-9(3)10(14)4/h7-8,11-12H,6H2,1-5H3. The molecule has 0 aliphatic rings. The number of aryl methyl sites for hydroxylation is 1. The molecule has 80 valence electrons. The average Bonchev–Trinajstić information content (AvgIpc) is 2.44. The summed E-state index contributed by atoms with van der Waals surface area (Å²) in [4.78, 5) is 4.34. The normalized spacial score (nSPS) is 13.6. The summed E-state index contributed by atoms with van der Waals surface area (Å²) in [6, 6.07) is 0.501. The highest BCUT2D eigenvalue weighted by atomic mass is 15.1. The van der Waals surface area contributed by atoms with Gasteiger partial charge in [-0.05, 0) is 26.8 Å². The molecule has 0 saturated heterocycles. The first-order valence-corrected chi connectivity index (χ1v) is 5.22. The van der Waals surface area contributed by atoms with Gasteiger partial charge >= 0.3 is 0 Å². The van der Waals surface area contributed by atoms with Crippen LogP contribution in [0.2, 0.25) is 0 Å². The highest BCUT2D eigenvalue weighted by Crippen LogP contribution is 2.19. The summed E-state index contributed by atoms with van der Waals surface area (Å²) in [5, 5.41) is 3.24. The Bertz CT molecular complexity index is 289. The zero-order valence-corrected chi connectivity index (χ0v) is 9.83. The second kappa shape index (κ2) is 4.60. The Hall–Kier alpha value is -0.830. The van der Waals surface area contributed by atoms with Gasteiger partial charge in [-0.25, -0.2) is 4.98 Å². The van der Waals surface area contributed by atoms with Crippen molar-refractivity contribution in [3.8, 4) is 0 Å². The molecule has 0 aliphatic heterocycles. The Morgan fingerprint density at radius 1 is 1.43 bits per heavy atom. The predicted molar refractivity (Wildman–Crippen MR) is 59.5 cm³/mol. The van der Waals surface area contributed by atoms with Crippen molar-refractivity contribution in [3.63, 3.8) is 0 Å². The fraction of sp³-hybridized carbons (Fsp3) is 0.727. The van der Waals surface area contributed by atoms with E-state index in [0.29, 0.717) is 12.0 Å². The van der Waals surface area contributed by atoms with Crippen molar-refractivity contribution in [3.05, 3.63) is 17.7 Å². The molecule has 0 aromatic carbocycles. The maximum atomic E-state index is 4.34. The summed E-state index contributed by atoms with van der Waals surface area (Å²) < 4.78 is 2.27. The fourth-order valence-electron chi connectivity index (χ4n) is 1.71. The summed E-state index contributed by atoms with van der Waals surface area (Å²) in [6.45, 7) is 9.68. The van der Waals surface area contributed by atoms with Crippen LogP contribution in [0.1, 0.15) is 31.3 Å². The van der Waals surface area contributed by atoms with E-state index in [-0.39, 0.29) is 0 Å². The van der Waals surface area contributed by atoms with Crippen LogP contribution in [-0.4, -0.2) is 23.1 Å². The molecule has 3 nitrogen and oxygen atoms in total. The molecular formula is C11H21N3. The van der Waals surface area contributed by atoms with E-state index < -0.39 is 0 Å². The number of aromatic nitrogens is 2. The molecule has 1 aromatic heterocycles. The van der Waals surface area contributed by atoms with Crippen LogP contribution in [0.5, 0.6) is 0 Å². The number of hydrogen-bond acceptors (Lipinski definition) is 2. The third kappa shape index (κ3) is 2.15. The van der Waals surface area contributed by atoms with Gasteiger partial charge in [0, 0.05) is 18.3 Å². The van der Waals surface area contributed by atoms with E-state index >= 15 is 0 Å². The van der Waals surface area contributed by atoms with Crippen molar-refractivity contribution in [2.75, 3.05) is 13.6 Å². The predicted octanol–water partition coefficient (Wildman–Crippen LogP) is 1.92. The molecule has 0 radical (unpaired) electrons. The zero-order valence-electron chi connectivity index (χ0n) is 9.83. The van der Waals surface area contributed by atoms with Crippen molar-refractivity contribution in [1.82, 2.24) is 14.9 Å². The molecular weight excluding hydrogens is 174 g/mol. The molecule has 0 bridgehead atoms. The van der Waals surface area contributed by atoms with E-state index in [1.54, 1.807) is 0 Å². The first kappa shape index (κ1) is 11.2. The van der Waals surface area contributed by atoms with Crippen molar-refractivity contribution in [1.29, 1.82) is 0 Å².